The minimum absolute atomic E-state index is 0.00698. The second-order valence-corrected chi connectivity index (χ2v) is 7.12. The van der Waals surface area contributed by atoms with E-state index in [1.54, 1.807) is 12.0 Å². The molecule has 0 saturated carbocycles. The zero-order valence-electron chi connectivity index (χ0n) is 17.1. The molecule has 0 bridgehead atoms. The summed E-state index contributed by atoms with van der Waals surface area (Å²) in [5.74, 6) is 0.190. The molecule has 0 aliphatic carbocycles. The van der Waals surface area contributed by atoms with Gasteiger partial charge in [-0.25, -0.2) is 9.97 Å². The summed E-state index contributed by atoms with van der Waals surface area (Å²) in [7, 11) is 1.60. The fourth-order valence-electron chi connectivity index (χ4n) is 3.35. The van der Waals surface area contributed by atoms with Crippen molar-refractivity contribution in [3.05, 3.63) is 41.9 Å². The van der Waals surface area contributed by atoms with Gasteiger partial charge in [0, 0.05) is 49.8 Å². The van der Waals surface area contributed by atoms with Gasteiger partial charge in [-0.3, -0.25) is 9.59 Å². The molecular weight excluding hydrogens is 370 g/mol. The Balaban J connectivity index is 1.70. The fourth-order valence-corrected chi connectivity index (χ4v) is 3.35. The Bertz CT molecular complexity index is 886. The Morgan fingerprint density at radius 2 is 2.14 bits per heavy atom. The molecule has 0 radical (unpaired) electrons. The van der Waals surface area contributed by atoms with Crippen LogP contribution in [0.2, 0.25) is 0 Å². The molecule has 1 atom stereocenters. The summed E-state index contributed by atoms with van der Waals surface area (Å²) in [6.07, 6.45) is 2.52. The van der Waals surface area contributed by atoms with Crippen LogP contribution < -0.4 is 10.6 Å². The molecule has 1 aromatic heterocycles. The van der Waals surface area contributed by atoms with E-state index in [4.69, 9.17) is 4.74 Å². The average molecular weight is 397 g/mol. The van der Waals surface area contributed by atoms with Crippen molar-refractivity contribution in [3.8, 4) is 0 Å². The van der Waals surface area contributed by atoms with Crippen LogP contribution in [0.15, 0.2) is 30.6 Å². The third-order valence-electron chi connectivity index (χ3n) is 4.98. The Kier molecular flexibility index (Phi) is 6.77. The number of nitrogens with one attached hydrogen (secondary N) is 2. The number of carbonyl (C=O) groups is 2. The van der Waals surface area contributed by atoms with Crippen LogP contribution in [0.4, 0.5) is 17.2 Å². The van der Waals surface area contributed by atoms with E-state index in [0.29, 0.717) is 25.5 Å². The van der Waals surface area contributed by atoms with E-state index < -0.39 is 0 Å². The van der Waals surface area contributed by atoms with Crippen molar-refractivity contribution in [2.75, 3.05) is 37.4 Å². The van der Waals surface area contributed by atoms with Gasteiger partial charge in [0.15, 0.2) is 0 Å². The lowest BCUT2D eigenvalue weighted by molar-refractivity contribution is -0.128. The highest BCUT2D eigenvalue weighted by Crippen LogP contribution is 2.26. The number of methoxy groups -OCH3 is 1. The molecule has 1 saturated heterocycles. The Morgan fingerprint density at radius 1 is 1.31 bits per heavy atom. The van der Waals surface area contributed by atoms with Gasteiger partial charge in [-0.15, -0.1) is 0 Å². The minimum Gasteiger partial charge on any atom is -0.383 e. The predicted octanol–water partition coefficient (Wildman–Crippen LogP) is 2.52. The number of benzene rings is 1. The lowest BCUT2D eigenvalue weighted by Gasteiger charge is -2.17. The first-order valence-corrected chi connectivity index (χ1v) is 9.76. The van der Waals surface area contributed by atoms with Crippen molar-refractivity contribution in [1.29, 1.82) is 0 Å². The number of aromatic nitrogens is 2. The van der Waals surface area contributed by atoms with Crippen molar-refractivity contribution in [1.82, 2.24) is 14.9 Å². The van der Waals surface area contributed by atoms with Crippen molar-refractivity contribution < 1.29 is 14.3 Å². The molecule has 1 aliphatic rings. The van der Waals surface area contributed by atoms with Crippen molar-refractivity contribution in [2.24, 2.45) is 5.92 Å². The average Bonchev–Trinajstić information content (AvgIpc) is 3.07. The topological polar surface area (TPSA) is 96.4 Å². The van der Waals surface area contributed by atoms with Gasteiger partial charge in [0.2, 0.25) is 11.8 Å². The Hall–Kier alpha value is -3.00. The quantitative estimate of drug-likeness (QED) is 0.711. The highest BCUT2D eigenvalue weighted by atomic mass is 16.5. The number of hydrogen-bond donors (Lipinski definition) is 2. The molecular formula is C21H27N5O3. The van der Waals surface area contributed by atoms with E-state index in [2.05, 4.69) is 20.6 Å². The number of amides is 2. The smallest absolute Gasteiger partial charge is 0.229 e. The molecule has 1 fully saturated rings. The van der Waals surface area contributed by atoms with E-state index in [0.717, 1.165) is 29.1 Å². The first-order valence-electron chi connectivity index (χ1n) is 9.76. The molecule has 1 unspecified atom stereocenters. The van der Waals surface area contributed by atoms with E-state index >= 15 is 0 Å². The van der Waals surface area contributed by atoms with Crippen LogP contribution in [-0.2, 0) is 20.7 Å². The molecule has 2 N–H and O–H groups in total. The highest BCUT2D eigenvalue weighted by molar-refractivity contribution is 5.98. The van der Waals surface area contributed by atoms with E-state index in [1.165, 1.54) is 6.33 Å². The number of hydrogen-bond acceptors (Lipinski definition) is 6. The summed E-state index contributed by atoms with van der Waals surface area (Å²) in [6, 6.07) is 7.69. The third-order valence-corrected chi connectivity index (χ3v) is 4.98. The second kappa shape index (κ2) is 9.47. The van der Waals surface area contributed by atoms with Gasteiger partial charge in [0.05, 0.1) is 12.5 Å². The molecule has 154 valence electrons. The molecule has 3 rings (SSSR count). The van der Waals surface area contributed by atoms with E-state index in [1.807, 2.05) is 38.1 Å². The molecule has 2 amide bonds. The van der Waals surface area contributed by atoms with E-state index in [-0.39, 0.29) is 24.2 Å². The van der Waals surface area contributed by atoms with Gasteiger partial charge >= 0.3 is 0 Å². The normalized spacial score (nSPS) is 16.2. The van der Waals surface area contributed by atoms with Crippen LogP contribution in [-0.4, -0.2) is 53.5 Å². The summed E-state index contributed by atoms with van der Waals surface area (Å²) >= 11 is 0. The predicted molar refractivity (Wildman–Crippen MR) is 111 cm³/mol. The summed E-state index contributed by atoms with van der Waals surface area (Å²) in [5.41, 5.74) is 3.46. The van der Waals surface area contributed by atoms with Crippen LogP contribution in [0.5, 0.6) is 0 Å². The summed E-state index contributed by atoms with van der Waals surface area (Å²) in [5, 5.41) is 6.25. The van der Waals surface area contributed by atoms with Crippen LogP contribution in [0, 0.1) is 12.8 Å². The highest BCUT2D eigenvalue weighted by Gasteiger charge is 2.34. The van der Waals surface area contributed by atoms with Crippen LogP contribution >= 0.6 is 0 Å². The van der Waals surface area contributed by atoms with Crippen LogP contribution in [0.1, 0.15) is 24.6 Å². The third kappa shape index (κ3) is 5.29. The van der Waals surface area contributed by atoms with Gasteiger partial charge in [0.25, 0.3) is 0 Å². The number of likely N-dealkylation sites (tertiary alicyclic amines) is 1. The number of carbonyl (C=O) groups excluding carboxylic acids is 2. The fraction of sp³-hybridized carbons (Fsp3) is 0.429. The zero-order chi connectivity index (χ0) is 20.8. The van der Waals surface area contributed by atoms with Crippen molar-refractivity contribution >= 4 is 29.0 Å². The molecule has 1 aromatic carbocycles. The first-order chi connectivity index (χ1) is 14.0. The van der Waals surface area contributed by atoms with Crippen molar-refractivity contribution in [3.63, 3.8) is 0 Å². The molecule has 1 aliphatic heterocycles. The number of nitrogens with zero attached hydrogens (tertiary/aromatic N) is 3. The molecule has 2 aromatic rings. The minimum atomic E-state index is -0.356. The largest absolute Gasteiger partial charge is 0.383 e. The van der Waals surface area contributed by atoms with Gasteiger partial charge in [-0.05, 0) is 31.0 Å². The molecule has 0 spiro atoms. The number of anilines is 3. The zero-order valence-corrected chi connectivity index (χ0v) is 17.1. The Labute approximate surface area is 170 Å². The van der Waals surface area contributed by atoms with Gasteiger partial charge < -0.3 is 20.3 Å². The first kappa shape index (κ1) is 20.7. The summed E-state index contributed by atoms with van der Waals surface area (Å²) < 4.78 is 5.03. The summed E-state index contributed by atoms with van der Waals surface area (Å²) in [4.78, 5) is 34.9. The van der Waals surface area contributed by atoms with Gasteiger partial charge in [0.1, 0.15) is 12.1 Å². The standard InChI is InChI=1S/C21H27N5O3/c1-4-15-5-6-17(24-19-9-14(2)22-13-23-19)11-18(15)25-21(28)16-10-20(27)26(12-16)7-8-29-3/h5-6,9,11,13,16H,4,7-8,10,12H2,1-3H3,(H,25,28)(H,22,23,24). The van der Waals surface area contributed by atoms with Crippen LogP contribution in [0.25, 0.3) is 0 Å². The molecule has 8 heteroatoms. The number of rotatable bonds is 8. The SMILES string of the molecule is CCc1ccc(Nc2cc(C)ncn2)cc1NC(=O)C1CC(=O)N(CCOC)C1. The molecule has 2 heterocycles. The molecule has 8 nitrogen and oxygen atoms in total. The maximum Gasteiger partial charge on any atom is 0.229 e. The van der Waals surface area contributed by atoms with Gasteiger partial charge in [-0.1, -0.05) is 13.0 Å². The lowest BCUT2D eigenvalue weighted by atomic mass is 10.1. The maximum atomic E-state index is 12.8. The lowest BCUT2D eigenvalue weighted by Crippen LogP contribution is -2.31. The van der Waals surface area contributed by atoms with E-state index in [9.17, 15) is 9.59 Å². The molecule has 29 heavy (non-hydrogen) atoms. The number of aryl methyl sites for hydroxylation is 2. The second-order valence-electron chi connectivity index (χ2n) is 7.12. The van der Waals surface area contributed by atoms with Gasteiger partial charge in [-0.2, -0.15) is 0 Å². The monoisotopic (exact) mass is 397 g/mol. The van der Waals surface area contributed by atoms with Crippen molar-refractivity contribution in [2.45, 2.75) is 26.7 Å². The maximum absolute atomic E-state index is 12.8. The number of ether oxygens (including phenoxy) is 1. The Morgan fingerprint density at radius 3 is 2.86 bits per heavy atom. The summed E-state index contributed by atoms with van der Waals surface area (Å²) in [6.45, 7) is 5.34. The van der Waals surface area contributed by atoms with Crippen LogP contribution in [0.3, 0.4) is 0 Å².